The lowest BCUT2D eigenvalue weighted by atomic mass is 10.0. The quantitative estimate of drug-likeness (QED) is 0.287. The highest BCUT2D eigenvalue weighted by Gasteiger charge is 2.19. The van der Waals surface area contributed by atoms with E-state index in [0.29, 0.717) is 28.6 Å². The Morgan fingerprint density at radius 1 is 0.771 bits per heavy atom. The molecule has 0 N–H and O–H groups in total. The molecule has 4 nitrogen and oxygen atoms in total. The molecule has 1 amide bonds. The smallest absolute Gasteiger partial charge is 0.254 e. The molecule has 5 rings (SSSR count). The largest absolute Gasteiger partial charge is 0.464 e. The third kappa shape index (κ3) is 4.92. The number of carbonyl (C=O) groups excluding carboxylic acids is 1. The van der Waals surface area contributed by atoms with Gasteiger partial charge in [-0.1, -0.05) is 84.4 Å². The third-order valence-electron chi connectivity index (χ3n) is 6.10. The van der Waals surface area contributed by atoms with Gasteiger partial charge in [-0.15, -0.1) is 0 Å². The average molecular weight is 460 g/mol. The number of aryl methyl sites for hydroxylation is 1. The van der Waals surface area contributed by atoms with Crippen molar-refractivity contribution in [2.24, 2.45) is 0 Å². The maximum Gasteiger partial charge on any atom is 0.254 e. The number of fused-ring (bicyclic) bond motifs is 1. The monoisotopic (exact) mass is 459 g/mol. The Kier molecular flexibility index (Phi) is 6.27. The van der Waals surface area contributed by atoms with Gasteiger partial charge in [0.1, 0.15) is 5.58 Å². The van der Waals surface area contributed by atoms with Crippen molar-refractivity contribution in [3.63, 3.8) is 0 Å². The van der Waals surface area contributed by atoms with Gasteiger partial charge < -0.3 is 9.32 Å². The van der Waals surface area contributed by atoms with Crippen LogP contribution in [0, 0.1) is 6.92 Å². The predicted octanol–water partition coefficient (Wildman–Crippen LogP) is 6.61. The summed E-state index contributed by atoms with van der Waals surface area (Å²) in [4.78, 5) is 28.6. The predicted molar refractivity (Wildman–Crippen MR) is 139 cm³/mol. The van der Waals surface area contributed by atoms with Crippen molar-refractivity contribution < 1.29 is 9.21 Å². The van der Waals surface area contributed by atoms with Crippen LogP contribution in [0.15, 0.2) is 119 Å². The molecule has 0 bridgehead atoms. The topological polar surface area (TPSA) is 50.5 Å². The Bertz CT molecular complexity index is 1520. The Hall–Kier alpha value is -4.44. The molecule has 0 spiro atoms. The number of benzene rings is 4. The molecule has 172 valence electrons. The maximum absolute atomic E-state index is 13.6. The summed E-state index contributed by atoms with van der Waals surface area (Å²) in [6.45, 7) is 2.47. The second kappa shape index (κ2) is 9.82. The van der Waals surface area contributed by atoms with Crippen LogP contribution in [0.5, 0.6) is 0 Å². The lowest BCUT2D eigenvalue weighted by Gasteiger charge is -2.23. The highest BCUT2D eigenvalue weighted by Crippen LogP contribution is 2.21. The van der Waals surface area contributed by atoms with E-state index < -0.39 is 0 Å². The van der Waals surface area contributed by atoms with E-state index in [9.17, 15) is 9.59 Å². The van der Waals surface area contributed by atoms with Crippen molar-refractivity contribution in [1.29, 1.82) is 0 Å². The van der Waals surface area contributed by atoms with E-state index in [4.69, 9.17) is 4.42 Å². The van der Waals surface area contributed by atoms with Gasteiger partial charge >= 0.3 is 0 Å². The number of carbonyl (C=O) groups is 1. The zero-order chi connectivity index (χ0) is 24.2. The summed E-state index contributed by atoms with van der Waals surface area (Å²) in [5.41, 5.74) is 5.57. The molecular formula is C31H25NO3. The van der Waals surface area contributed by atoms with Crippen LogP contribution >= 0.6 is 0 Å². The molecule has 5 aromatic rings. The lowest BCUT2D eigenvalue weighted by molar-refractivity contribution is 0.0729. The summed E-state index contributed by atoms with van der Waals surface area (Å²) in [5, 5.41) is 0.529. The first-order valence-corrected chi connectivity index (χ1v) is 11.6. The number of hydrogen-bond donors (Lipinski definition) is 0. The lowest BCUT2D eigenvalue weighted by Crippen LogP contribution is -2.32. The van der Waals surface area contributed by atoms with E-state index in [1.54, 1.807) is 11.0 Å². The van der Waals surface area contributed by atoms with Crippen LogP contribution in [0.1, 0.15) is 27.0 Å². The molecule has 0 fully saturated rings. The maximum atomic E-state index is 13.6. The van der Waals surface area contributed by atoms with Crippen molar-refractivity contribution >= 4 is 16.9 Å². The molecule has 35 heavy (non-hydrogen) atoms. The van der Waals surface area contributed by atoms with Gasteiger partial charge in [0.15, 0.2) is 5.43 Å². The van der Waals surface area contributed by atoms with Gasteiger partial charge in [-0.25, -0.2) is 0 Å². The van der Waals surface area contributed by atoms with Gasteiger partial charge in [0.05, 0.1) is 23.8 Å². The van der Waals surface area contributed by atoms with Crippen molar-refractivity contribution in [2.75, 3.05) is 0 Å². The number of rotatable bonds is 6. The second-order valence-electron chi connectivity index (χ2n) is 8.68. The molecule has 0 unspecified atom stereocenters. The standard InChI is InChI=1S/C31H25NO3/c1-22-12-17-29-28(18-22)30(33)27(21-35-29)20-32(19-23-8-4-2-5-9-23)31(34)26-15-13-25(14-16-26)24-10-6-3-7-11-24/h2-18,21H,19-20H2,1H3. The van der Waals surface area contributed by atoms with E-state index in [1.807, 2.05) is 104 Å². The molecular weight excluding hydrogens is 434 g/mol. The van der Waals surface area contributed by atoms with Gasteiger partial charge in [0.2, 0.25) is 0 Å². The van der Waals surface area contributed by atoms with Crippen molar-refractivity contribution in [3.8, 4) is 11.1 Å². The number of nitrogens with zero attached hydrogens (tertiary/aromatic N) is 1. The van der Waals surface area contributed by atoms with Gasteiger partial charge in [-0.3, -0.25) is 9.59 Å². The molecule has 0 aliphatic carbocycles. The Labute approximate surface area is 204 Å². The van der Waals surface area contributed by atoms with Crippen molar-refractivity contribution in [1.82, 2.24) is 4.90 Å². The normalized spacial score (nSPS) is 10.9. The fraction of sp³-hybridized carbons (Fsp3) is 0.0968. The summed E-state index contributed by atoms with van der Waals surface area (Å²) < 4.78 is 5.74. The van der Waals surface area contributed by atoms with Crippen LogP contribution in [-0.2, 0) is 13.1 Å². The molecule has 0 saturated heterocycles. The van der Waals surface area contributed by atoms with Crippen LogP contribution in [0.2, 0.25) is 0 Å². The second-order valence-corrected chi connectivity index (χ2v) is 8.68. The Morgan fingerprint density at radius 2 is 1.43 bits per heavy atom. The van der Waals surface area contributed by atoms with Gasteiger partial charge in [0.25, 0.3) is 5.91 Å². The van der Waals surface area contributed by atoms with Gasteiger partial charge in [-0.2, -0.15) is 0 Å². The van der Waals surface area contributed by atoms with E-state index >= 15 is 0 Å². The molecule has 0 saturated carbocycles. The number of hydrogen-bond acceptors (Lipinski definition) is 3. The fourth-order valence-electron chi connectivity index (χ4n) is 4.22. The molecule has 0 aliphatic rings. The molecule has 0 radical (unpaired) electrons. The first kappa shape index (κ1) is 22.4. The summed E-state index contributed by atoms with van der Waals surface area (Å²) >= 11 is 0. The summed E-state index contributed by atoms with van der Waals surface area (Å²) in [6.07, 6.45) is 1.48. The van der Waals surface area contributed by atoms with Crippen LogP contribution in [0.3, 0.4) is 0 Å². The van der Waals surface area contributed by atoms with E-state index in [0.717, 1.165) is 22.3 Å². The summed E-state index contributed by atoms with van der Waals surface area (Å²) in [6, 6.07) is 33.0. The molecule has 4 heteroatoms. The van der Waals surface area contributed by atoms with E-state index in [1.165, 1.54) is 6.26 Å². The van der Waals surface area contributed by atoms with Crippen LogP contribution in [0.4, 0.5) is 0 Å². The van der Waals surface area contributed by atoms with Crippen molar-refractivity contribution in [3.05, 3.63) is 142 Å². The molecule has 1 heterocycles. The molecule has 0 atom stereocenters. The van der Waals surface area contributed by atoms with Crippen molar-refractivity contribution in [2.45, 2.75) is 20.0 Å². The SMILES string of the molecule is Cc1ccc2occ(CN(Cc3ccccc3)C(=O)c3ccc(-c4ccccc4)cc3)c(=O)c2c1. The Morgan fingerprint density at radius 3 is 2.14 bits per heavy atom. The zero-order valence-electron chi connectivity index (χ0n) is 19.5. The molecule has 4 aromatic carbocycles. The Balaban J connectivity index is 1.48. The first-order chi connectivity index (χ1) is 17.1. The van der Waals surface area contributed by atoms with Crippen LogP contribution in [0.25, 0.3) is 22.1 Å². The number of amides is 1. The van der Waals surface area contributed by atoms with Crippen LogP contribution < -0.4 is 5.43 Å². The average Bonchev–Trinajstić information content (AvgIpc) is 2.91. The van der Waals surface area contributed by atoms with Crippen LogP contribution in [-0.4, -0.2) is 10.8 Å². The molecule has 0 aliphatic heterocycles. The highest BCUT2D eigenvalue weighted by atomic mass is 16.3. The van der Waals surface area contributed by atoms with Gasteiger partial charge in [0, 0.05) is 12.1 Å². The summed E-state index contributed by atoms with van der Waals surface area (Å²) in [5.74, 6) is -0.141. The highest BCUT2D eigenvalue weighted by molar-refractivity contribution is 5.94. The first-order valence-electron chi connectivity index (χ1n) is 11.6. The minimum absolute atomic E-state index is 0.111. The fourth-order valence-corrected chi connectivity index (χ4v) is 4.22. The zero-order valence-corrected chi connectivity index (χ0v) is 19.5. The minimum atomic E-state index is -0.141. The molecule has 1 aromatic heterocycles. The van der Waals surface area contributed by atoms with Gasteiger partial charge in [-0.05, 0) is 47.9 Å². The van der Waals surface area contributed by atoms with E-state index in [-0.39, 0.29) is 17.9 Å². The minimum Gasteiger partial charge on any atom is -0.464 e. The van der Waals surface area contributed by atoms with E-state index in [2.05, 4.69) is 0 Å². The third-order valence-corrected chi connectivity index (χ3v) is 6.10. The summed E-state index contributed by atoms with van der Waals surface area (Å²) in [7, 11) is 0.